The highest BCUT2D eigenvalue weighted by Gasteiger charge is 2.39. The van der Waals surface area contributed by atoms with E-state index in [1.54, 1.807) is 0 Å². The van der Waals surface area contributed by atoms with E-state index in [9.17, 15) is 4.79 Å². The second kappa shape index (κ2) is 4.41. The molecule has 2 unspecified atom stereocenters. The maximum Gasteiger partial charge on any atom is 0.158 e. The van der Waals surface area contributed by atoms with Gasteiger partial charge in [0.05, 0.1) is 12.1 Å². The predicted octanol–water partition coefficient (Wildman–Crippen LogP) is 1.32. The van der Waals surface area contributed by atoms with Crippen LogP contribution in [-0.4, -0.2) is 43.5 Å². The topological polar surface area (TPSA) is 29.5 Å². The largest absolute Gasteiger partial charge is 0.381 e. The Morgan fingerprint density at radius 1 is 1.57 bits per heavy atom. The van der Waals surface area contributed by atoms with Crippen molar-refractivity contribution in [2.45, 2.75) is 32.2 Å². The van der Waals surface area contributed by atoms with Gasteiger partial charge in [0.2, 0.25) is 0 Å². The highest BCUT2D eigenvalue weighted by Crippen LogP contribution is 2.26. The van der Waals surface area contributed by atoms with Crippen molar-refractivity contribution in [3.8, 4) is 0 Å². The predicted molar refractivity (Wildman–Crippen MR) is 56.3 cm³/mol. The first-order valence-corrected chi connectivity index (χ1v) is 5.32. The number of carbonyl (C=O) groups excluding carboxylic acids is 1. The van der Waals surface area contributed by atoms with Crippen LogP contribution in [0.5, 0.6) is 0 Å². The third-order valence-electron chi connectivity index (χ3n) is 3.51. The molecule has 0 spiro atoms. The van der Waals surface area contributed by atoms with Crippen molar-refractivity contribution in [3.63, 3.8) is 0 Å². The molecule has 0 aromatic heterocycles. The minimum Gasteiger partial charge on any atom is -0.381 e. The number of carbonyl (C=O) groups is 1. The summed E-state index contributed by atoms with van der Waals surface area (Å²) in [6.45, 7) is 5.44. The van der Waals surface area contributed by atoms with E-state index in [1.165, 1.54) is 0 Å². The average molecular weight is 199 g/mol. The maximum absolute atomic E-state index is 12.2. The van der Waals surface area contributed by atoms with E-state index in [2.05, 4.69) is 6.92 Å². The zero-order valence-corrected chi connectivity index (χ0v) is 9.67. The van der Waals surface area contributed by atoms with Gasteiger partial charge in [0.1, 0.15) is 0 Å². The van der Waals surface area contributed by atoms with E-state index < -0.39 is 0 Å². The van der Waals surface area contributed by atoms with Crippen molar-refractivity contribution in [2.75, 3.05) is 27.3 Å². The normalized spacial score (nSPS) is 26.5. The molecule has 1 heterocycles. The van der Waals surface area contributed by atoms with E-state index in [-0.39, 0.29) is 11.5 Å². The van der Waals surface area contributed by atoms with Crippen LogP contribution in [0.15, 0.2) is 0 Å². The number of nitrogens with zero attached hydrogens (tertiary/aromatic N) is 1. The van der Waals surface area contributed by atoms with Crippen molar-refractivity contribution in [1.82, 2.24) is 4.90 Å². The molecule has 0 aromatic rings. The van der Waals surface area contributed by atoms with Gasteiger partial charge in [-0.05, 0) is 33.9 Å². The molecule has 0 radical (unpaired) electrons. The minimum absolute atomic E-state index is 0.113. The summed E-state index contributed by atoms with van der Waals surface area (Å²) in [6, 6.07) is 0. The summed E-state index contributed by atoms with van der Waals surface area (Å²) in [7, 11) is 3.94. The highest BCUT2D eigenvalue weighted by molar-refractivity contribution is 5.90. The third-order valence-corrected chi connectivity index (χ3v) is 3.51. The van der Waals surface area contributed by atoms with Crippen LogP contribution in [0.25, 0.3) is 0 Å². The van der Waals surface area contributed by atoms with Crippen LogP contribution in [0.2, 0.25) is 0 Å². The third kappa shape index (κ3) is 1.98. The van der Waals surface area contributed by atoms with Gasteiger partial charge in [-0.1, -0.05) is 6.92 Å². The Balaban J connectivity index is 2.73. The van der Waals surface area contributed by atoms with Crippen LogP contribution in [0.4, 0.5) is 0 Å². The van der Waals surface area contributed by atoms with Gasteiger partial charge in [0.15, 0.2) is 5.78 Å². The maximum atomic E-state index is 12.2. The van der Waals surface area contributed by atoms with Crippen LogP contribution < -0.4 is 0 Å². The van der Waals surface area contributed by atoms with E-state index in [4.69, 9.17) is 4.74 Å². The van der Waals surface area contributed by atoms with E-state index in [0.29, 0.717) is 12.4 Å². The molecule has 14 heavy (non-hydrogen) atoms. The zero-order valence-electron chi connectivity index (χ0n) is 9.67. The van der Waals surface area contributed by atoms with Crippen LogP contribution in [0.3, 0.4) is 0 Å². The van der Waals surface area contributed by atoms with E-state index in [1.807, 2.05) is 25.9 Å². The summed E-state index contributed by atoms with van der Waals surface area (Å²) in [4.78, 5) is 14.2. The van der Waals surface area contributed by atoms with Crippen molar-refractivity contribution in [2.24, 2.45) is 5.92 Å². The first-order valence-electron chi connectivity index (χ1n) is 5.32. The fraction of sp³-hybridized carbons (Fsp3) is 0.909. The monoisotopic (exact) mass is 199 g/mol. The molecule has 1 aliphatic heterocycles. The number of ether oxygens (including phenoxy) is 1. The van der Waals surface area contributed by atoms with Gasteiger partial charge in [-0.15, -0.1) is 0 Å². The van der Waals surface area contributed by atoms with Crippen LogP contribution in [-0.2, 0) is 9.53 Å². The SMILES string of the molecule is CCC(C)(C(=O)C1CCOC1)N(C)C. The molecule has 3 heteroatoms. The van der Waals surface area contributed by atoms with Crippen molar-refractivity contribution in [3.05, 3.63) is 0 Å². The van der Waals surface area contributed by atoms with Crippen molar-refractivity contribution < 1.29 is 9.53 Å². The lowest BCUT2D eigenvalue weighted by Gasteiger charge is -2.35. The molecule has 0 bridgehead atoms. The lowest BCUT2D eigenvalue weighted by molar-refractivity contribution is -0.133. The Morgan fingerprint density at radius 2 is 2.21 bits per heavy atom. The van der Waals surface area contributed by atoms with Gasteiger partial charge in [-0.2, -0.15) is 0 Å². The molecule has 0 saturated carbocycles. The molecule has 1 rings (SSSR count). The average Bonchev–Trinajstić information content (AvgIpc) is 2.67. The van der Waals surface area contributed by atoms with Crippen LogP contribution >= 0.6 is 0 Å². The van der Waals surface area contributed by atoms with Crippen molar-refractivity contribution in [1.29, 1.82) is 0 Å². The molecule has 0 N–H and O–H groups in total. The minimum atomic E-state index is -0.321. The quantitative estimate of drug-likeness (QED) is 0.684. The standard InChI is InChI=1S/C11H21NO2/c1-5-11(2,12(3)4)10(13)9-6-7-14-8-9/h9H,5-8H2,1-4H3. The van der Waals surface area contributed by atoms with E-state index >= 15 is 0 Å². The molecule has 0 aliphatic carbocycles. The molecule has 0 amide bonds. The smallest absolute Gasteiger partial charge is 0.158 e. The van der Waals surface area contributed by atoms with Gasteiger partial charge >= 0.3 is 0 Å². The number of hydrogen-bond donors (Lipinski definition) is 0. The van der Waals surface area contributed by atoms with Crippen molar-refractivity contribution >= 4 is 5.78 Å². The Labute approximate surface area is 86.4 Å². The summed E-state index contributed by atoms with van der Waals surface area (Å²) in [6.07, 6.45) is 1.75. The van der Waals surface area contributed by atoms with Gasteiger partial charge < -0.3 is 4.74 Å². The first kappa shape index (κ1) is 11.7. The van der Waals surface area contributed by atoms with Gasteiger partial charge in [0.25, 0.3) is 0 Å². The molecule has 2 atom stereocenters. The molecule has 1 fully saturated rings. The molecule has 1 aliphatic rings. The Kier molecular flexibility index (Phi) is 3.67. The number of rotatable bonds is 4. The summed E-state index contributed by atoms with van der Waals surface area (Å²) >= 11 is 0. The number of ketones is 1. The van der Waals surface area contributed by atoms with E-state index in [0.717, 1.165) is 19.4 Å². The van der Waals surface area contributed by atoms with Gasteiger partial charge in [0, 0.05) is 12.5 Å². The van der Waals surface area contributed by atoms with Crippen LogP contribution in [0.1, 0.15) is 26.7 Å². The van der Waals surface area contributed by atoms with Gasteiger partial charge in [-0.25, -0.2) is 0 Å². The highest BCUT2D eigenvalue weighted by atomic mass is 16.5. The number of hydrogen-bond acceptors (Lipinski definition) is 3. The molecule has 1 saturated heterocycles. The summed E-state index contributed by atoms with van der Waals surface area (Å²) in [5, 5.41) is 0. The Hall–Kier alpha value is -0.410. The molecule has 0 aromatic carbocycles. The summed E-state index contributed by atoms with van der Waals surface area (Å²) in [5.41, 5.74) is -0.321. The number of Topliss-reactive ketones (excluding diaryl/α,β-unsaturated/α-hetero) is 1. The van der Waals surface area contributed by atoms with Crippen LogP contribution in [0, 0.1) is 5.92 Å². The second-order valence-electron chi connectivity index (χ2n) is 4.45. The molecular weight excluding hydrogens is 178 g/mol. The Bertz CT molecular complexity index is 209. The molecular formula is C11H21NO2. The van der Waals surface area contributed by atoms with Gasteiger partial charge in [-0.3, -0.25) is 9.69 Å². The molecule has 3 nitrogen and oxygen atoms in total. The Morgan fingerprint density at radius 3 is 2.57 bits per heavy atom. The number of likely N-dealkylation sites (N-methyl/N-ethyl adjacent to an activating group) is 1. The molecule has 82 valence electrons. The zero-order chi connectivity index (χ0) is 10.8. The summed E-state index contributed by atoms with van der Waals surface area (Å²) in [5.74, 6) is 0.449. The lowest BCUT2D eigenvalue weighted by Crippen LogP contribution is -2.50. The lowest BCUT2D eigenvalue weighted by atomic mass is 9.84. The first-order chi connectivity index (χ1) is 6.52. The fourth-order valence-electron chi connectivity index (χ4n) is 1.89. The second-order valence-corrected chi connectivity index (χ2v) is 4.45. The summed E-state index contributed by atoms with van der Waals surface area (Å²) < 4.78 is 5.26. The fourth-order valence-corrected chi connectivity index (χ4v) is 1.89.